The maximum absolute atomic E-state index is 11.1. The molecule has 0 saturated heterocycles. The fourth-order valence-electron chi connectivity index (χ4n) is 1.05. The van der Waals surface area contributed by atoms with Crippen LogP contribution in [0.2, 0.25) is 0 Å². The summed E-state index contributed by atoms with van der Waals surface area (Å²) in [4.78, 5) is 14.8. The first-order valence-electron chi connectivity index (χ1n) is 4.62. The molecule has 0 aliphatic rings. The molecule has 80 valence electrons. The molecule has 0 aromatic heterocycles. The van der Waals surface area contributed by atoms with E-state index in [-0.39, 0.29) is 5.90 Å². The number of hydrogen-bond donors (Lipinski definition) is 0. The van der Waals surface area contributed by atoms with Gasteiger partial charge >= 0.3 is 6.09 Å². The number of carbonyl (C=O) groups excluding carboxylic acids is 1. The van der Waals surface area contributed by atoms with Crippen molar-refractivity contribution in [3.05, 3.63) is 35.9 Å². The number of methoxy groups -OCH3 is 1. The molecule has 4 heteroatoms. The van der Waals surface area contributed by atoms with Crippen LogP contribution in [0.25, 0.3) is 0 Å². The highest BCUT2D eigenvalue weighted by Gasteiger charge is 2.06. The number of carbonyl (C=O) groups is 1. The summed E-state index contributed by atoms with van der Waals surface area (Å²) < 4.78 is 9.69. The molecule has 1 aromatic rings. The summed E-state index contributed by atoms with van der Waals surface area (Å²) in [5.41, 5.74) is 0.744. The minimum Gasteiger partial charge on any atom is -0.480 e. The van der Waals surface area contributed by atoms with E-state index in [0.717, 1.165) is 5.56 Å². The molecule has 0 fully saturated rings. The van der Waals surface area contributed by atoms with Crippen LogP contribution in [0.3, 0.4) is 0 Å². The lowest BCUT2D eigenvalue weighted by atomic mass is 10.2. The van der Waals surface area contributed by atoms with Crippen molar-refractivity contribution in [3.8, 4) is 0 Å². The van der Waals surface area contributed by atoms with Crippen molar-refractivity contribution in [1.29, 1.82) is 0 Å². The molecule has 0 unspecified atom stereocenters. The molecule has 1 aromatic carbocycles. The molecule has 1 amide bonds. The molecule has 15 heavy (non-hydrogen) atoms. The first kappa shape index (κ1) is 11.2. The van der Waals surface area contributed by atoms with E-state index in [2.05, 4.69) is 9.73 Å². The summed E-state index contributed by atoms with van der Waals surface area (Å²) in [6, 6.07) is 9.17. The van der Waals surface area contributed by atoms with Gasteiger partial charge in [-0.25, -0.2) is 4.79 Å². The lowest BCUT2D eigenvalue weighted by Gasteiger charge is -2.03. The first-order valence-corrected chi connectivity index (χ1v) is 4.62. The van der Waals surface area contributed by atoms with E-state index in [1.807, 2.05) is 30.3 Å². The topological polar surface area (TPSA) is 47.9 Å². The smallest absolute Gasteiger partial charge is 0.436 e. The summed E-state index contributed by atoms with van der Waals surface area (Å²) in [5, 5.41) is 0. The fourth-order valence-corrected chi connectivity index (χ4v) is 1.05. The van der Waals surface area contributed by atoms with Gasteiger partial charge in [0.2, 0.25) is 5.90 Å². The Morgan fingerprint density at radius 2 is 2.00 bits per heavy atom. The van der Waals surface area contributed by atoms with Gasteiger partial charge < -0.3 is 9.47 Å². The summed E-state index contributed by atoms with van der Waals surface area (Å²) in [6.45, 7) is 2.02. The normalized spacial score (nSPS) is 10.9. The van der Waals surface area contributed by atoms with E-state index in [1.165, 1.54) is 7.11 Å². The van der Waals surface area contributed by atoms with E-state index in [1.54, 1.807) is 6.92 Å². The Bertz CT molecular complexity index is 346. The van der Waals surface area contributed by atoms with Crippen molar-refractivity contribution in [2.45, 2.75) is 6.92 Å². The SMILES string of the molecule is CCOC(=O)N=C(OC)c1ccccc1. The Balaban J connectivity index is 2.84. The van der Waals surface area contributed by atoms with Crippen LogP contribution in [0.5, 0.6) is 0 Å². The lowest BCUT2D eigenvalue weighted by molar-refractivity contribution is 0.163. The van der Waals surface area contributed by atoms with E-state index in [0.29, 0.717) is 6.61 Å². The highest BCUT2D eigenvalue weighted by Crippen LogP contribution is 2.02. The van der Waals surface area contributed by atoms with Gasteiger partial charge in [-0.2, -0.15) is 0 Å². The Morgan fingerprint density at radius 3 is 2.53 bits per heavy atom. The van der Waals surface area contributed by atoms with Crippen LogP contribution in [-0.4, -0.2) is 25.7 Å². The molecule has 0 saturated carbocycles. The molecule has 4 nitrogen and oxygen atoms in total. The van der Waals surface area contributed by atoms with Crippen molar-refractivity contribution in [3.63, 3.8) is 0 Å². The second-order valence-corrected chi connectivity index (χ2v) is 2.69. The van der Waals surface area contributed by atoms with Gasteiger partial charge in [-0.05, 0) is 19.1 Å². The molecule has 0 spiro atoms. The van der Waals surface area contributed by atoms with E-state index in [9.17, 15) is 4.79 Å². The van der Waals surface area contributed by atoms with Gasteiger partial charge in [0.15, 0.2) is 0 Å². The van der Waals surface area contributed by atoms with Gasteiger partial charge in [0, 0.05) is 5.56 Å². The largest absolute Gasteiger partial charge is 0.480 e. The number of amides is 1. The average Bonchev–Trinajstić information content (AvgIpc) is 2.27. The quantitative estimate of drug-likeness (QED) is 0.552. The van der Waals surface area contributed by atoms with Gasteiger partial charge in [0.25, 0.3) is 0 Å². The zero-order chi connectivity index (χ0) is 11.1. The summed E-state index contributed by atoms with van der Waals surface area (Å²) in [7, 11) is 1.46. The van der Waals surface area contributed by atoms with E-state index in [4.69, 9.17) is 4.74 Å². The Kier molecular flexibility index (Phi) is 4.34. The highest BCUT2D eigenvalue weighted by molar-refractivity contribution is 5.99. The Hall–Kier alpha value is -1.84. The Labute approximate surface area is 88.5 Å². The first-order chi connectivity index (χ1) is 7.27. The van der Waals surface area contributed by atoms with Gasteiger partial charge in [-0.15, -0.1) is 4.99 Å². The van der Waals surface area contributed by atoms with E-state index < -0.39 is 6.09 Å². The third-order valence-electron chi connectivity index (χ3n) is 1.67. The standard InChI is InChI=1S/C11H13NO3/c1-3-15-11(13)12-10(14-2)9-7-5-4-6-8-9/h4-8H,3H2,1-2H3. The second-order valence-electron chi connectivity index (χ2n) is 2.69. The third kappa shape index (κ3) is 3.42. The van der Waals surface area contributed by atoms with Gasteiger partial charge in [-0.1, -0.05) is 18.2 Å². The van der Waals surface area contributed by atoms with Crippen LogP contribution in [0, 0.1) is 0 Å². The van der Waals surface area contributed by atoms with Crippen LogP contribution < -0.4 is 0 Å². The van der Waals surface area contributed by atoms with Crippen LogP contribution >= 0.6 is 0 Å². The van der Waals surface area contributed by atoms with Crippen LogP contribution in [0.15, 0.2) is 35.3 Å². The minimum absolute atomic E-state index is 0.258. The molecular weight excluding hydrogens is 194 g/mol. The summed E-state index contributed by atoms with van der Waals surface area (Å²) in [6.07, 6.45) is -0.641. The molecular formula is C11H13NO3. The maximum atomic E-state index is 11.1. The number of rotatable bonds is 2. The molecule has 0 N–H and O–H groups in total. The molecule has 0 atom stereocenters. The van der Waals surface area contributed by atoms with Gasteiger partial charge in [-0.3, -0.25) is 0 Å². The van der Waals surface area contributed by atoms with Crippen molar-refractivity contribution in [1.82, 2.24) is 0 Å². The van der Waals surface area contributed by atoms with Crippen molar-refractivity contribution >= 4 is 12.0 Å². The van der Waals surface area contributed by atoms with Crippen LogP contribution in [0.4, 0.5) is 4.79 Å². The molecule has 1 rings (SSSR count). The third-order valence-corrected chi connectivity index (χ3v) is 1.67. The number of hydrogen-bond acceptors (Lipinski definition) is 3. The maximum Gasteiger partial charge on any atom is 0.436 e. The number of benzene rings is 1. The predicted molar refractivity (Wildman–Crippen MR) is 57.0 cm³/mol. The highest BCUT2D eigenvalue weighted by atomic mass is 16.6. The molecule has 0 aliphatic heterocycles. The van der Waals surface area contributed by atoms with Gasteiger partial charge in [0.05, 0.1) is 13.7 Å². The van der Waals surface area contributed by atoms with Gasteiger partial charge in [0.1, 0.15) is 0 Å². The number of aliphatic imine (C=N–C) groups is 1. The number of ether oxygens (including phenoxy) is 2. The zero-order valence-corrected chi connectivity index (χ0v) is 8.77. The zero-order valence-electron chi connectivity index (χ0n) is 8.77. The van der Waals surface area contributed by atoms with Crippen molar-refractivity contribution in [2.24, 2.45) is 4.99 Å². The van der Waals surface area contributed by atoms with Crippen LogP contribution in [0.1, 0.15) is 12.5 Å². The Morgan fingerprint density at radius 1 is 1.33 bits per heavy atom. The lowest BCUT2D eigenvalue weighted by Crippen LogP contribution is -2.08. The predicted octanol–water partition coefficient (Wildman–Crippen LogP) is 2.24. The number of nitrogens with zero attached hydrogens (tertiary/aromatic N) is 1. The monoisotopic (exact) mass is 207 g/mol. The van der Waals surface area contributed by atoms with Crippen LogP contribution in [-0.2, 0) is 9.47 Å². The van der Waals surface area contributed by atoms with E-state index >= 15 is 0 Å². The second kappa shape index (κ2) is 5.80. The molecule has 0 aliphatic carbocycles. The molecule has 0 radical (unpaired) electrons. The summed E-state index contributed by atoms with van der Waals surface area (Å²) >= 11 is 0. The van der Waals surface area contributed by atoms with Crippen molar-refractivity contribution in [2.75, 3.05) is 13.7 Å². The van der Waals surface area contributed by atoms with Crippen molar-refractivity contribution < 1.29 is 14.3 Å². The average molecular weight is 207 g/mol. The minimum atomic E-state index is -0.641. The molecule has 0 heterocycles. The fraction of sp³-hybridized carbons (Fsp3) is 0.273. The summed E-state index contributed by atoms with van der Waals surface area (Å²) in [5.74, 6) is 0.258. The molecule has 0 bridgehead atoms.